The van der Waals surface area contributed by atoms with Gasteiger partial charge in [0, 0.05) is 17.6 Å². The number of halogens is 1. The second-order valence-electron chi connectivity index (χ2n) is 4.76. The molecule has 3 nitrogen and oxygen atoms in total. The van der Waals surface area contributed by atoms with Crippen LogP contribution in [0.15, 0.2) is 29.6 Å². The van der Waals surface area contributed by atoms with E-state index in [0.29, 0.717) is 19.1 Å². The lowest BCUT2D eigenvalue weighted by molar-refractivity contribution is -0.0116. The zero-order chi connectivity index (χ0) is 15.1. The molecule has 1 aromatic carbocycles. The number of ether oxygens (including phenoxy) is 2. The molecule has 1 aromatic heterocycles. The fraction of sp³-hybridized carbons (Fsp3) is 0.438. The Labute approximate surface area is 134 Å². The summed E-state index contributed by atoms with van der Waals surface area (Å²) in [6.45, 7) is 5.96. The number of hydrogen-bond donors (Lipinski definition) is 0. The van der Waals surface area contributed by atoms with Gasteiger partial charge in [0.05, 0.1) is 30.9 Å². The van der Waals surface area contributed by atoms with Gasteiger partial charge in [0.2, 0.25) is 0 Å². The van der Waals surface area contributed by atoms with Crippen molar-refractivity contribution >= 4 is 22.9 Å². The van der Waals surface area contributed by atoms with Gasteiger partial charge in [-0.25, -0.2) is 4.98 Å². The Morgan fingerprint density at radius 3 is 2.67 bits per heavy atom. The second-order valence-corrected chi connectivity index (χ2v) is 5.88. The lowest BCUT2D eigenvalue weighted by atomic mass is 10.1. The van der Waals surface area contributed by atoms with E-state index in [1.54, 1.807) is 11.3 Å². The third-order valence-electron chi connectivity index (χ3n) is 2.98. The minimum absolute atomic E-state index is 0.106. The summed E-state index contributed by atoms with van der Waals surface area (Å²) < 4.78 is 11.1. The molecule has 0 aliphatic carbocycles. The highest BCUT2D eigenvalue weighted by atomic mass is 35.5. The first-order chi connectivity index (χ1) is 10.2. The summed E-state index contributed by atoms with van der Waals surface area (Å²) in [5.74, 6) is 0.458. The van der Waals surface area contributed by atoms with Crippen molar-refractivity contribution in [3.05, 3.63) is 40.9 Å². The van der Waals surface area contributed by atoms with E-state index in [1.165, 1.54) is 0 Å². The normalized spacial score (nSPS) is 12.5. The maximum absolute atomic E-state index is 5.78. The smallest absolute Gasteiger partial charge is 0.123 e. The standard InChI is InChI=1S/C16H20ClNO2S/c1-3-19-9-12(2)20-10-13-4-6-14(7-5-13)16-18-15(8-17)11-21-16/h4-7,11-12H,3,8-10H2,1-2H3. The van der Waals surface area contributed by atoms with Crippen LogP contribution < -0.4 is 0 Å². The molecule has 0 saturated heterocycles. The van der Waals surface area contributed by atoms with Gasteiger partial charge in [-0.05, 0) is 19.4 Å². The minimum Gasteiger partial charge on any atom is -0.379 e. The summed E-state index contributed by atoms with van der Waals surface area (Å²) in [5, 5.41) is 3.00. The van der Waals surface area contributed by atoms with E-state index in [0.717, 1.165) is 28.4 Å². The lowest BCUT2D eigenvalue weighted by Gasteiger charge is -2.12. The Bertz CT molecular complexity index is 541. The van der Waals surface area contributed by atoms with Crippen LogP contribution in [0.1, 0.15) is 25.1 Å². The largest absolute Gasteiger partial charge is 0.379 e. The van der Waals surface area contributed by atoms with E-state index < -0.39 is 0 Å². The number of thiazole rings is 1. The van der Waals surface area contributed by atoms with Crippen molar-refractivity contribution < 1.29 is 9.47 Å². The number of aromatic nitrogens is 1. The van der Waals surface area contributed by atoms with E-state index >= 15 is 0 Å². The van der Waals surface area contributed by atoms with Crippen molar-refractivity contribution in [2.45, 2.75) is 32.4 Å². The number of rotatable bonds is 8. The Morgan fingerprint density at radius 2 is 2.05 bits per heavy atom. The van der Waals surface area contributed by atoms with Crippen LogP contribution in [-0.2, 0) is 22.0 Å². The van der Waals surface area contributed by atoms with Crippen LogP contribution in [0.4, 0.5) is 0 Å². The maximum atomic E-state index is 5.78. The minimum atomic E-state index is 0.106. The molecule has 0 radical (unpaired) electrons. The SMILES string of the molecule is CCOCC(C)OCc1ccc(-c2nc(CCl)cs2)cc1. The zero-order valence-electron chi connectivity index (χ0n) is 12.3. The average Bonchev–Trinajstić information content (AvgIpc) is 3.00. The Balaban J connectivity index is 1.89. The molecule has 0 fully saturated rings. The van der Waals surface area contributed by atoms with Crippen molar-refractivity contribution in [3.63, 3.8) is 0 Å². The van der Waals surface area contributed by atoms with Gasteiger partial charge in [-0.2, -0.15) is 0 Å². The van der Waals surface area contributed by atoms with Crippen molar-refractivity contribution in [2.75, 3.05) is 13.2 Å². The van der Waals surface area contributed by atoms with E-state index in [-0.39, 0.29) is 6.10 Å². The molecule has 5 heteroatoms. The number of nitrogens with zero attached hydrogens (tertiary/aromatic N) is 1. The Hall–Kier alpha value is -0.940. The summed E-state index contributed by atoms with van der Waals surface area (Å²) in [4.78, 5) is 4.48. The molecule has 2 aromatic rings. The molecular weight excluding hydrogens is 306 g/mol. The highest BCUT2D eigenvalue weighted by molar-refractivity contribution is 7.13. The summed E-state index contributed by atoms with van der Waals surface area (Å²) in [7, 11) is 0. The quantitative estimate of drug-likeness (QED) is 0.670. The highest BCUT2D eigenvalue weighted by Gasteiger charge is 2.06. The average molecular weight is 326 g/mol. The van der Waals surface area contributed by atoms with Gasteiger partial charge < -0.3 is 9.47 Å². The molecule has 0 amide bonds. The van der Waals surface area contributed by atoms with E-state index in [4.69, 9.17) is 21.1 Å². The van der Waals surface area contributed by atoms with Gasteiger partial charge in [-0.15, -0.1) is 22.9 Å². The van der Waals surface area contributed by atoms with Crippen LogP contribution in [0.5, 0.6) is 0 Å². The fourth-order valence-electron chi connectivity index (χ4n) is 1.81. The van der Waals surface area contributed by atoms with Crippen LogP contribution in [0, 0.1) is 0 Å². The molecule has 0 aliphatic heterocycles. The van der Waals surface area contributed by atoms with Gasteiger partial charge in [0.15, 0.2) is 0 Å². The predicted molar refractivity (Wildman–Crippen MR) is 87.9 cm³/mol. The van der Waals surface area contributed by atoms with Crippen LogP contribution in [0.2, 0.25) is 0 Å². The molecule has 0 spiro atoms. The van der Waals surface area contributed by atoms with Gasteiger partial charge in [-0.3, -0.25) is 0 Å². The first-order valence-electron chi connectivity index (χ1n) is 7.02. The lowest BCUT2D eigenvalue weighted by Crippen LogP contribution is -2.15. The van der Waals surface area contributed by atoms with E-state index in [2.05, 4.69) is 29.2 Å². The van der Waals surface area contributed by atoms with Gasteiger partial charge in [0.1, 0.15) is 5.01 Å². The molecule has 2 rings (SSSR count). The molecule has 1 heterocycles. The molecule has 114 valence electrons. The number of hydrogen-bond acceptors (Lipinski definition) is 4. The predicted octanol–water partition coefficient (Wildman–Crippen LogP) is 4.49. The number of benzene rings is 1. The van der Waals surface area contributed by atoms with E-state index in [1.807, 2.05) is 19.2 Å². The molecule has 1 atom stereocenters. The summed E-state index contributed by atoms with van der Waals surface area (Å²) in [5.41, 5.74) is 3.19. The van der Waals surface area contributed by atoms with Crippen molar-refractivity contribution in [1.82, 2.24) is 4.98 Å². The third-order valence-corrected chi connectivity index (χ3v) is 4.19. The molecule has 0 bridgehead atoms. The fourth-order valence-corrected chi connectivity index (χ4v) is 2.87. The van der Waals surface area contributed by atoms with Crippen LogP contribution >= 0.6 is 22.9 Å². The molecule has 1 unspecified atom stereocenters. The molecule has 21 heavy (non-hydrogen) atoms. The zero-order valence-corrected chi connectivity index (χ0v) is 13.9. The summed E-state index contributed by atoms with van der Waals surface area (Å²) in [6, 6.07) is 8.29. The van der Waals surface area contributed by atoms with Crippen LogP contribution in [-0.4, -0.2) is 24.3 Å². The monoisotopic (exact) mass is 325 g/mol. The maximum Gasteiger partial charge on any atom is 0.123 e. The summed E-state index contributed by atoms with van der Waals surface area (Å²) in [6.07, 6.45) is 0.106. The van der Waals surface area contributed by atoms with Gasteiger partial charge in [0.25, 0.3) is 0 Å². The summed E-state index contributed by atoms with van der Waals surface area (Å²) >= 11 is 7.39. The second kappa shape index (κ2) is 8.49. The molecule has 0 N–H and O–H groups in total. The number of alkyl halides is 1. The van der Waals surface area contributed by atoms with E-state index in [9.17, 15) is 0 Å². The molecule has 0 saturated carbocycles. The first-order valence-corrected chi connectivity index (χ1v) is 8.43. The first kappa shape index (κ1) is 16.4. The van der Waals surface area contributed by atoms with Crippen molar-refractivity contribution in [2.24, 2.45) is 0 Å². The highest BCUT2D eigenvalue weighted by Crippen LogP contribution is 2.24. The molecular formula is C16H20ClNO2S. The van der Waals surface area contributed by atoms with Crippen molar-refractivity contribution in [3.8, 4) is 10.6 Å². The van der Waals surface area contributed by atoms with Crippen LogP contribution in [0.3, 0.4) is 0 Å². The third kappa shape index (κ3) is 5.08. The van der Waals surface area contributed by atoms with Crippen molar-refractivity contribution in [1.29, 1.82) is 0 Å². The topological polar surface area (TPSA) is 31.4 Å². The van der Waals surface area contributed by atoms with Gasteiger partial charge >= 0.3 is 0 Å². The van der Waals surface area contributed by atoms with Crippen LogP contribution in [0.25, 0.3) is 10.6 Å². The Kier molecular flexibility index (Phi) is 6.64. The molecule has 0 aliphatic rings. The Morgan fingerprint density at radius 1 is 1.29 bits per heavy atom. The van der Waals surface area contributed by atoms with Gasteiger partial charge in [-0.1, -0.05) is 24.3 Å².